The number of benzene rings is 1. The molecule has 2 amide bonds. The molecule has 0 atom stereocenters. The molecule has 2 N–H and O–H groups in total. The third-order valence-corrected chi connectivity index (χ3v) is 5.09. The number of rotatable bonds is 5. The molecule has 0 fully saturated rings. The highest BCUT2D eigenvalue weighted by Crippen LogP contribution is 2.28. The Morgan fingerprint density at radius 3 is 2.38 bits per heavy atom. The molecule has 0 aliphatic carbocycles. The van der Waals surface area contributed by atoms with E-state index in [-0.39, 0.29) is 17.6 Å². The van der Waals surface area contributed by atoms with Crippen LogP contribution in [0.2, 0.25) is 0 Å². The summed E-state index contributed by atoms with van der Waals surface area (Å²) in [6, 6.07) is 12.8. The predicted molar refractivity (Wildman–Crippen MR) is 104 cm³/mol. The van der Waals surface area contributed by atoms with Gasteiger partial charge in [0.2, 0.25) is 0 Å². The number of anilines is 2. The molecule has 2 heterocycles. The van der Waals surface area contributed by atoms with Gasteiger partial charge in [0.05, 0.1) is 16.1 Å². The summed E-state index contributed by atoms with van der Waals surface area (Å²) >= 11 is 1.23. The molecule has 3 rings (SSSR count). The van der Waals surface area contributed by atoms with Gasteiger partial charge in [0, 0.05) is 5.69 Å². The molecular weight excluding hydrogens is 348 g/mol. The van der Waals surface area contributed by atoms with Crippen LogP contribution >= 0.6 is 11.3 Å². The summed E-state index contributed by atoms with van der Waals surface area (Å²) in [7, 11) is 0. The predicted octanol–water partition coefficient (Wildman–Crippen LogP) is 5.28. The molecule has 26 heavy (non-hydrogen) atoms. The molecule has 0 aliphatic rings. The van der Waals surface area contributed by atoms with E-state index in [4.69, 9.17) is 4.42 Å². The Bertz CT molecular complexity index is 909. The normalized spacial score (nSPS) is 10.8. The first kappa shape index (κ1) is 17.9. The summed E-state index contributed by atoms with van der Waals surface area (Å²) in [5, 5.41) is 6.25. The van der Waals surface area contributed by atoms with Gasteiger partial charge in [0.25, 0.3) is 11.8 Å². The van der Waals surface area contributed by atoms with E-state index in [1.54, 1.807) is 18.2 Å². The van der Waals surface area contributed by atoms with Gasteiger partial charge in [-0.25, -0.2) is 0 Å². The SMILES string of the molecule is Cc1cc(NC(=O)c2ccco2)sc1C(=O)Nc1ccc(C(C)C)cc1. The lowest BCUT2D eigenvalue weighted by Gasteiger charge is -2.08. The van der Waals surface area contributed by atoms with E-state index in [9.17, 15) is 9.59 Å². The van der Waals surface area contributed by atoms with Crippen LogP contribution in [0.1, 0.15) is 51.1 Å². The topological polar surface area (TPSA) is 71.3 Å². The Balaban J connectivity index is 1.69. The Morgan fingerprint density at radius 2 is 1.77 bits per heavy atom. The van der Waals surface area contributed by atoms with Gasteiger partial charge in [0.1, 0.15) is 0 Å². The van der Waals surface area contributed by atoms with Crippen molar-refractivity contribution in [3.05, 3.63) is 70.5 Å². The summed E-state index contributed by atoms with van der Waals surface area (Å²) in [5.74, 6) is 0.141. The van der Waals surface area contributed by atoms with Gasteiger partial charge in [-0.15, -0.1) is 11.3 Å². The molecule has 3 aromatic rings. The van der Waals surface area contributed by atoms with Crippen LogP contribution in [0.25, 0.3) is 0 Å². The Kier molecular flexibility index (Phi) is 5.23. The van der Waals surface area contributed by atoms with Crippen molar-refractivity contribution < 1.29 is 14.0 Å². The molecule has 0 saturated carbocycles. The second-order valence-electron chi connectivity index (χ2n) is 6.29. The van der Waals surface area contributed by atoms with Crippen LogP contribution in [-0.4, -0.2) is 11.8 Å². The quantitative estimate of drug-likeness (QED) is 0.644. The second-order valence-corrected chi connectivity index (χ2v) is 7.34. The zero-order valence-electron chi connectivity index (χ0n) is 14.8. The van der Waals surface area contributed by atoms with E-state index in [0.29, 0.717) is 15.8 Å². The van der Waals surface area contributed by atoms with Crippen LogP contribution in [0.3, 0.4) is 0 Å². The Morgan fingerprint density at radius 1 is 1.04 bits per heavy atom. The largest absolute Gasteiger partial charge is 0.459 e. The van der Waals surface area contributed by atoms with Gasteiger partial charge < -0.3 is 15.1 Å². The number of amides is 2. The van der Waals surface area contributed by atoms with E-state index >= 15 is 0 Å². The number of nitrogens with one attached hydrogen (secondary N) is 2. The summed E-state index contributed by atoms with van der Waals surface area (Å²) in [4.78, 5) is 25.2. The van der Waals surface area contributed by atoms with E-state index in [2.05, 4.69) is 24.5 Å². The molecule has 0 radical (unpaired) electrons. The third-order valence-electron chi connectivity index (χ3n) is 3.94. The Labute approximate surface area is 156 Å². The molecular formula is C20H20N2O3S. The molecule has 5 nitrogen and oxygen atoms in total. The number of hydrogen-bond acceptors (Lipinski definition) is 4. The monoisotopic (exact) mass is 368 g/mol. The van der Waals surface area contributed by atoms with Crippen molar-refractivity contribution in [3.8, 4) is 0 Å². The first-order chi connectivity index (χ1) is 12.4. The number of hydrogen-bond donors (Lipinski definition) is 2. The van der Waals surface area contributed by atoms with Gasteiger partial charge in [-0.1, -0.05) is 26.0 Å². The lowest BCUT2D eigenvalue weighted by molar-refractivity contribution is 0.0995. The van der Waals surface area contributed by atoms with E-state index in [1.807, 2.05) is 31.2 Å². The van der Waals surface area contributed by atoms with Crippen LogP contribution in [0.15, 0.2) is 53.1 Å². The van der Waals surface area contributed by atoms with Gasteiger partial charge in [0.15, 0.2) is 5.76 Å². The first-order valence-electron chi connectivity index (χ1n) is 8.30. The van der Waals surface area contributed by atoms with Gasteiger partial charge in [-0.2, -0.15) is 0 Å². The van der Waals surface area contributed by atoms with Crippen molar-refractivity contribution in [3.63, 3.8) is 0 Å². The van der Waals surface area contributed by atoms with E-state index in [0.717, 1.165) is 11.3 Å². The van der Waals surface area contributed by atoms with Gasteiger partial charge in [-0.05, 0) is 54.3 Å². The lowest BCUT2D eigenvalue weighted by Crippen LogP contribution is -2.11. The van der Waals surface area contributed by atoms with Crippen molar-refractivity contribution in [1.82, 2.24) is 0 Å². The fraction of sp³-hybridized carbons (Fsp3) is 0.200. The van der Waals surface area contributed by atoms with Gasteiger partial charge in [-0.3, -0.25) is 9.59 Å². The molecule has 0 saturated heterocycles. The third kappa shape index (κ3) is 4.03. The zero-order valence-corrected chi connectivity index (χ0v) is 15.6. The lowest BCUT2D eigenvalue weighted by atomic mass is 10.0. The average Bonchev–Trinajstić information content (AvgIpc) is 3.25. The molecule has 0 unspecified atom stereocenters. The fourth-order valence-electron chi connectivity index (χ4n) is 2.49. The highest BCUT2D eigenvalue weighted by Gasteiger charge is 2.16. The maximum Gasteiger partial charge on any atom is 0.291 e. The number of furan rings is 1. The van der Waals surface area contributed by atoms with E-state index < -0.39 is 0 Å². The molecule has 134 valence electrons. The van der Waals surface area contributed by atoms with Crippen LogP contribution in [-0.2, 0) is 0 Å². The highest BCUT2D eigenvalue weighted by molar-refractivity contribution is 7.18. The minimum atomic E-state index is -0.340. The Hall–Kier alpha value is -2.86. The summed E-state index contributed by atoms with van der Waals surface area (Å²) < 4.78 is 5.07. The van der Waals surface area contributed by atoms with Crippen molar-refractivity contribution in [2.24, 2.45) is 0 Å². The standard InChI is InChI=1S/C20H20N2O3S/c1-12(2)14-6-8-15(9-7-14)21-20(24)18-13(3)11-17(26-18)22-19(23)16-5-4-10-25-16/h4-12H,1-3H3,(H,21,24)(H,22,23). The molecule has 1 aromatic carbocycles. The van der Waals surface area contributed by atoms with Crippen LogP contribution < -0.4 is 10.6 Å². The smallest absolute Gasteiger partial charge is 0.291 e. The van der Waals surface area contributed by atoms with Crippen molar-refractivity contribution in [2.75, 3.05) is 10.6 Å². The second kappa shape index (κ2) is 7.58. The fourth-order valence-corrected chi connectivity index (χ4v) is 3.45. The van der Waals surface area contributed by atoms with Crippen molar-refractivity contribution >= 4 is 33.8 Å². The number of aryl methyl sites for hydroxylation is 1. The molecule has 6 heteroatoms. The van der Waals surface area contributed by atoms with Crippen LogP contribution in [0.4, 0.5) is 10.7 Å². The number of carbonyl (C=O) groups is 2. The number of thiophene rings is 1. The number of carbonyl (C=O) groups excluding carboxylic acids is 2. The maximum absolute atomic E-state index is 12.5. The summed E-state index contributed by atoms with van der Waals surface area (Å²) in [6.07, 6.45) is 1.44. The summed E-state index contributed by atoms with van der Waals surface area (Å²) in [5.41, 5.74) is 2.77. The van der Waals surface area contributed by atoms with Crippen molar-refractivity contribution in [1.29, 1.82) is 0 Å². The first-order valence-corrected chi connectivity index (χ1v) is 9.12. The molecule has 0 bridgehead atoms. The molecule has 0 spiro atoms. The molecule has 2 aromatic heterocycles. The highest BCUT2D eigenvalue weighted by atomic mass is 32.1. The van der Waals surface area contributed by atoms with Gasteiger partial charge >= 0.3 is 0 Å². The minimum Gasteiger partial charge on any atom is -0.459 e. The average molecular weight is 368 g/mol. The van der Waals surface area contributed by atoms with Crippen LogP contribution in [0.5, 0.6) is 0 Å². The van der Waals surface area contributed by atoms with Crippen molar-refractivity contribution in [2.45, 2.75) is 26.7 Å². The molecule has 0 aliphatic heterocycles. The summed E-state index contributed by atoms with van der Waals surface area (Å²) in [6.45, 7) is 6.10. The minimum absolute atomic E-state index is 0.191. The zero-order chi connectivity index (χ0) is 18.7. The van der Waals surface area contributed by atoms with Crippen LogP contribution in [0, 0.1) is 6.92 Å². The maximum atomic E-state index is 12.5. The van der Waals surface area contributed by atoms with E-state index in [1.165, 1.54) is 23.2 Å².